The second-order valence-corrected chi connectivity index (χ2v) is 7.94. The van der Waals surface area contributed by atoms with Gasteiger partial charge in [-0.15, -0.1) is 0 Å². The SMILES string of the molecule is CC(CC1CC(CN(C)C)N(C)C1)N1CCC(N(C)C)C1. The number of nitrogens with zero attached hydrogens (tertiary/aromatic N) is 4. The molecule has 2 saturated heterocycles. The Hall–Kier alpha value is -0.160. The van der Waals surface area contributed by atoms with E-state index in [1.807, 2.05) is 0 Å². The van der Waals surface area contributed by atoms with Gasteiger partial charge in [0.15, 0.2) is 0 Å². The van der Waals surface area contributed by atoms with Crippen LogP contribution in [0.1, 0.15) is 26.2 Å². The Morgan fingerprint density at radius 2 is 1.86 bits per heavy atom. The smallest absolute Gasteiger partial charge is 0.0229 e. The minimum Gasteiger partial charge on any atom is -0.308 e. The molecule has 21 heavy (non-hydrogen) atoms. The van der Waals surface area contributed by atoms with Gasteiger partial charge in [-0.05, 0) is 67.3 Å². The number of likely N-dealkylation sites (tertiary alicyclic amines) is 2. The lowest BCUT2D eigenvalue weighted by molar-refractivity contribution is 0.200. The van der Waals surface area contributed by atoms with Crippen LogP contribution in [0.3, 0.4) is 0 Å². The molecule has 2 fully saturated rings. The summed E-state index contributed by atoms with van der Waals surface area (Å²) < 4.78 is 0. The number of hydrogen-bond acceptors (Lipinski definition) is 4. The Morgan fingerprint density at radius 1 is 1.14 bits per heavy atom. The van der Waals surface area contributed by atoms with Gasteiger partial charge < -0.3 is 14.7 Å². The Kier molecular flexibility index (Phi) is 6.06. The van der Waals surface area contributed by atoms with Gasteiger partial charge in [-0.25, -0.2) is 0 Å². The highest BCUT2D eigenvalue weighted by Gasteiger charge is 2.33. The standard InChI is InChI=1S/C17H36N4/c1-14(21-8-7-16(13-21)19(4)5)9-15-10-17(12-18(2)3)20(6)11-15/h14-17H,7-13H2,1-6H3. The van der Waals surface area contributed by atoms with Gasteiger partial charge in [0, 0.05) is 44.3 Å². The molecule has 0 radical (unpaired) electrons. The Labute approximate surface area is 132 Å². The van der Waals surface area contributed by atoms with E-state index in [1.165, 1.54) is 45.4 Å². The molecular formula is C17H36N4. The second-order valence-electron chi connectivity index (χ2n) is 7.94. The van der Waals surface area contributed by atoms with E-state index >= 15 is 0 Å². The van der Waals surface area contributed by atoms with E-state index in [0.717, 1.165) is 24.0 Å². The molecule has 0 saturated carbocycles. The van der Waals surface area contributed by atoms with E-state index in [-0.39, 0.29) is 0 Å². The Morgan fingerprint density at radius 3 is 2.43 bits per heavy atom. The molecule has 2 aliphatic heterocycles. The average molecular weight is 297 g/mol. The van der Waals surface area contributed by atoms with Crippen LogP contribution in [0.25, 0.3) is 0 Å². The van der Waals surface area contributed by atoms with Gasteiger partial charge >= 0.3 is 0 Å². The van der Waals surface area contributed by atoms with Gasteiger partial charge in [0.2, 0.25) is 0 Å². The van der Waals surface area contributed by atoms with E-state index in [0.29, 0.717) is 0 Å². The van der Waals surface area contributed by atoms with Gasteiger partial charge in [0.25, 0.3) is 0 Å². The molecule has 4 atom stereocenters. The molecule has 2 heterocycles. The quantitative estimate of drug-likeness (QED) is 0.732. The van der Waals surface area contributed by atoms with Crippen LogP contribution in [-0.2, 0) is 0 Å². The maximum absolute atomic E-state index is 2.71. The number of rotatable bonds is 6. The predicted molar refractivity (Wildman–Crippen MR) is 90.8 cm³/mol. The lowest BCUT2D eigenvalue weighted by Gasteiger charge is -2.27. The Balaban J connectivity index is 1.77. The van der Waals surface area contributed by atoms with Crippen LogP contribution in [-0.4, -0.2) is 99.1 Å². The van der Waals surface area contributed by atoms with Crippen molar-refractivity contribution in [2.24, 2.45) is 5.92 Å². The summed E-state index contributed by atoms with van der Waals surface area (Å²) in [6.07, 6.45) is 4.09. The molecule has 124 valence electrons. The molecule has 0 amide bonds. The van der Waals surface area contributed by atoms with Crippen LogP contribution in [0.5, 0.6) is 0 Å². The van der Waals surface area contributed by atoms with Crippen molar-refractivity contribution in [2.75, 3.05) is 61.4 Å². The summed E-state index contributed by atoms with van der Waals surface area (Å²) in [5, 5.41) is 0. The summed E-state index contributed by atoms with van der Waals surface area (Å²) in [5.74, 6) is 0.883. The van der Waals surface area contributed by atoms with Crippen molar-refractivity contribution in [1.29, 1.82) is 0 Å². The fourth-order valence-electron chi connectivity index (χ4n) is 4.22. The summed E-state index contributed by atoms with van der Waals surface area (Å²) in [6, 6.07) is 2.26. The first-order valence-corrected chi connectivity index (χ1v) is 8.62. The molecule has 4 nitrogen and oxygen atoms in total. The zero-order valence-corrected chi connectivity index (χ0v) is 15.0. The van der Waals surface area contributed by atoms with Crippen molar-refractivity contribution < 1.29 is 0 Å². The molecule has 0 aromatic rings. The molecule has 0 bridgehead atoms. The highest BCUT2D eigenvalue weighted by molar-refractivity contribution is 4.89. The van der Waals surface area contributed by atoms with E-state index in [4.69, 9.17) is 0 Å². The third-order valence-electron chi connectivity index (χ3n) is 5.57. The fourth-order valence-corrected chi connectivity index (χ4v) is 4.22. The molecule has 4 unspecified atom stereocenters. The van der Waals surface area contributed by atoms with Crippen molar-refractivity contribution in [3.63, 3.8) is 0 Å². The van der Waals surface area contributed by atoms with Gasteiger partial charge in [0.1, 0.15) is 0 Å². The number of likely N-dealkylation sites (N-methyl/N-ethyl adjacent to an activating group) is 3. The van der Waals surface area contributed by atoms with Gasteiger partial charge in [-0.1, -0.05) is 0 Å². The van der Waals surface area contributed by atoms with Crippen molar-refractivity contribution in [3.8, 4) is 0 Å². The second kappa shape index (κ2) is 7.40. The van der Waals surface area contributed by atoms with Crippen LogP contribution in [0, 0.1) is 5.92 Å². The average Bonchev–Trinajstić information content (AvgIpc) is 2.97. The molecular weight excluding hydrogens is 260 g/mol. The first-order chi connectivity index (χ1) is 9.86. The van der Waals surface area contributed by atoms with Crippen molar-refractivity contribution in [2.45, 2.75) is 44.3 Å². The van der Waals surface area contributed by atoms with Crippen LogP contribution >= 0.6 is 0 Å². The lowest BCUT2D eigenvalue weighted by atomic mass is 9.97. The molecule has 2 rings (SSSR count). The summed E-state index contributed by atoms with van der Waals surface area (Å²) in [7, 11) is 11.1. The highest BCUT2D eigenvalue weighted by atomic mass is 15.2. The minimum absolute atomic E-state index is 0.742. The van der Waals surface area contributed by atoms with E-state index in [2.05, 4.69) is 61.8 Å². The maximum Gasteiger partial charge on any atom is 0.0229 e. The summed E-state index contributed by atoms with van der Waals surface area (Å²) >= 11 is 0. The van der Waals surface area contributed by atoms with Crippen LogP contribution < -0.4 is 0 Å². The zero-order valence-electron chi connectivity index (χ0n) is 15.0. The molecule has 0 aromatic carbocycles. The molecule has 2 aliphatic rings. The molecule has 0 N–H and O–H groups in total. The van der Waals surface area contributed by atoms with Crippen LogP contribution in [0.2, 0.25) is 0 Å². The summed E-state index contributed by atoms with van der Waals surface area (Å²) in [4.78, 5) is 10.0. The first kappa shape index (κ1) is 17.2. The monoisotopic (exact) mass is 296 g/mol. The third kappa shape index (κ3) is 4.65. The van der Waals surface area contributed by atoms with Crippen LogP contribution in [0.4, 0.5) is 0 Å². The summed E-state index contributed by atoms with van der Waals surface area (Å²) in [6.45, 7) is 7.48. The topological polar surface area (TPSA) is 13.0 Å². The molecule has 0 aromatic heterocycles. The fraction of sp³-hybridized carbons (Fsp3) is 1.00. The molecule has 0 spiro atoms. The minimum atomic E-state index is 0.742. The van der Waals surface area contributed by atoms with Gasteiger partial charge in [0.05, 0.1) is 0 Å². The molecule has 0 aliphatic carbocycles. The first-order valence-electron chi connectivity index (χ1n) is 8.62. The third-order valence-corrected chi connectivity index (χ3v) is 5.57. The number of hydrogen-bond donors (Lipinski definition) is 0. The molecule has 4 heteroatoms. The van der Waals surface area contributed by atoms with E-state index in [9.17, 15) is 0 Å². The normalized spacial score (nSPS) is 33.4. The maximum atomic E-state index is 2.71. The summed E-state index contributed by atoms with van der Waals surface area (Å²) in [5.41, 5.74) is 0. The zero-order chi connectivity index (χ0) is 15.6. The van der Waals surface area contributed by atoms with Gasteiger partial charge in [-0.3, -0.25) is 4.90 Å². The van der Waals surface area contributed by atoms with Crippen LogP contribution in [0.15, 0.2) is 0 Å². The van der Waals surface area contributed by atoms with E-state index < -0.39 is 0 Å². The Bertz CT molecular complexity index is 318. The van der Waals surface area contributed by atoms with E-state index in [1.54, 1.807) is 0 Å². The lowest BCUT2D eigenvalue weighted by Crippen LogP contribution is -2.36. The predicted octanol–water partition coefficient (Wildman–Crippen LogP) is 1.28. The van der Waals surface area contributed by atoms with Gasteiger partial charge in [-0.2, -0.15) is 0 Å². The highest BCUT2D eigenvalue weighted by Crippen LogP contribution is 2.28. The largest absolute Gasteiger partial charge is 0.308 e. The van der Waals surface area contributed by atoms with Crippen molar-refractivity contribution >= 4 is 0 Å². The van der Waals surface area contributed by atoms with Crippen molar-refractivity contribution in [3.05, 3.63) is 0 Å². The van der Waals surface area contributed by atoms with Crippen molar-refractivity contribution in [1.82, 2.24) is 19.6 Å².